The van der Waals surface area contributed by atoms with E-state index in [1.165, 1.54) is 70.9 Å². The summed E-state index contributed by atoms with van der Waals surface area (Å²) in [5.41, 5.74) is 0. The molecule has 154 valence electrons. The fraction of sp³-hybridized carbons (Fsp3) is 0.900. The van der Waals surface area contributed by atoms with Gasteiger partial charge in [0.1, 0.15) is 0 Å². The maximum absolute atomic E-state index is 11.1. The van der Waals surface area contributed by atoms with E-state index in [-0.39, 0.29) is 4.92 Å². The van der Waals surface area contributed by atoms with Gasteiger partial charge in [-0.3, -0.25) is 10.1 Å². The van der Waals surface area contributed by atoms with Gasteiger partial charge in [0.15, 0.2) is 5.82 Å². The predicted molar refractivity (Wildman–Crippen MR) is 108 cm³/mol. The van der Waals surface area contributed by atoms with Crippen LogP contribution in [-0.2, 0) is 0 Å². The molecule has 0 saturated carbocycles. The molecule has 3 saturated heterocycles. The van der Waals surface area contributed by atoms with E-state index in [0.717, 1.165) is 57.9 Å². The third-order valence-electron chi connectivity index (χ3n) is 6.21. The van der Waals surface area contributed by atoms with Crippen molar-refractivity contribution in [3.63, 3.8) is 0 Å². The minimum absolute atomic E-state index is 0.282. The fourth-order valence-electron chi connectivity index (χ4n) is 4.72. The quantitative estimate of drug-likeness (QED) is 0.453. The number of nitro groups is 1. The highest BCUT2D eigenvalue weighted by Crippen LogP contribution is 2.20. The Bertz CT molecular complexity index is 453. The molecule has 0 spiro atoms. The Morgan fingerprint density at radius 1 is 0.704 bits per heavy atom. The number of rotatable bonds is 9. The van der Waals surface area contributed by atoms with Gasteiger partial charge in [-0.2, -0.15) is 0 Å². The van der Waals surface area contributed by atoms with Crippen molar-refractivity contribution in [2.24, 2.45) is 0 Å². The summed E-state index contributed by atoms with van der Waals surface area (Å²) in [5, 5.41) is 11.1. The number of hydrogen-bond acceptors (Lipinski definition) is 6. The van der Waals surface area contributed by atoms with Gasteiger partial charge in [0.05, 0.1) is 4.92 Å². The zero-order chi connectivity index (χ0) is 18.9. The van der Waals surface area contributed by atoms with E-state index >= 15 is 0 Å². The molecule has 3 aliphatic rings. The molecule has 0 atom stereocenters. The van der Waals surface area contributed by atoms with Crippen LogP contribution in [0.15, 0.2) is 12.0 Å². The van der Waals surface area contributed by atoms with Gasteiger partial charge in [-0.1, -0.05) is 12.8 Å². The zero-order valence-electron chi connectivity index (χ0n) is 16.9. The van der Waals surface area contributed by atoms with Crippen LogP contribution in [0, 0.1) is 10.1 Å². The molecular formula is C20H37N5O2. The first-order valence-corrected chi connectivity index (χ1v) is 11.0. The van der Waals surface area contributed by atoms with Crippen LogP contribution < -0.4 is 0 Å². The van der Waals surface area contributed by atoms with Crippen LogP contribution in [-0.4, -0.2) is 90.0 Å². The van der Waals surface area contributed by atoms with Gasteiger partial charge >= 0.3 is 0 Å². The highest BCUT2D eigenvalue weighted by molar-refractivity contribution is 5.02. The first kappa shape index (κ1) is 20.4. The average molecular weight is 380 g/mol. The van der Waals surface area contributed by atoms with Gasteiger partial charge < -0.3 is 19.6 Å². The van der Waals surface area contributed by atoms with Crippen LogP contribution in [0.3, 0.4) is 0 Å². The summed E-state index contributed by atoms with van der Waals surface area (Å²) in [5.74, 6) is 0.831. The van der Waals surface area contributed by atoms with Gasteiger partial charge in [-0.05, 0) is 77.8 Å². The van der Waals surface area contributed by atoms with Crippen molar-refractivity contribution in [3.8, 4) is 0 Å². The molecule has 3 fully saturated rings. The van der Waals surface area contributed by atoms with Crippen LogP contribution >= 0.6 is 0 Å². The van der Waals surface area contributed by atoms with Crippen molar-refractivity contribution in [2.75, 3.05) is 65.4 Å². The lowest BCUT2D eigenvalue weighted by atomic mass is 10.1. The fourth-order valence-corrected chi connectivity index (χ4v) is 4.72. The molecule has 0 bridgehead atoms. The van der Waals surface area contributed by atoms with E-state index in [9.17, 15) is 10.1 Å². The molecule has 0 aromatic carbocycles. The summed E-state index contributed by atoms with van der Waals surface area (Å²) in [4.78, 5) is 20.4. The van der Waals surface area contributed by atoms with E-state index < -0.39 is 0 Å². The molecule has 0 aromatic heterocycles. The lowest BCUT2D eigenvalue weighted by Gasteiger charge is -2.29. The minimum Gasteiger partial charge on any atom is -0.351 e. The van der Waals surface area contributed by atoms with E-state index in [0.29, 0.717) is 0 Å². The third-order valence-corrected chi connectivity index (χ3v) is 6.21. The minimum atomic E-state index is -0.282. The van der Waals surface area contributed by atoms with Crippen molar-refractivity contribution in [1.29, 1.82) is 0 Å². The van der Waals surface area contributed by atoms with Crippen molar-refractivity contribution in [3.05, 3.63) is 22.1 Å². The number of nitrogens with zero attached hydrogens (tertiary/aromatic N) is 5. The lowest BCUT2D eigenvalue weighted by molar-refractivity contribution is -0.405. The van der Waals surface area contributed by atoms with Gasteiger partial charge in [0.25, 0.3) is 6.20 Å². The topological polar surface area (TPSA) is 56.1 Å². The predicted octanol–water partition coefficient (Wildman–Crippen LogP) is 2.43. The van der Waals surface area contributed by atoms with E-state index in [1.807, 2.05) is 0 Å². The highest BCUT2D eigenvalue weighted by atomic mass is 16.6. The molecule has 0 amide bonds. The summed E-state index contributed by atoms with van der Waals surface area (Å²) in [6, 6.07) is 0. The van der Waals surface area contributed by atoms with Gasteiger partial charge in [-0.15, -0.1) is 0 Å². The molecule has 3 heterocycles. The van der Waals surface area contributed by atoms with Crippen LogP contribution in [0.4, 0.5) is 0 Å². The van der Waals surface area contributed by atoms with E-state index in [2.05, 4.69) is 19.6 Å². The molecular weight excluding hydrogens is 342 g/mol. The van der Waals surface area contributed by atoms with Crippen LogP contribution in [0.25, 0.3) is 0 Å². The highest BCUT2D eigenvalue weighted by Gasteiger charge is 2.27. The van der Waals surface area contributed by atoms with E-state index in [4.69, 9.17) is 0 Å². The number of hydrogen-bond donors (Lipinski definition) is 0. The Morgan fingerprint density at radius 2 is 1.15 bits per heavy atom. The summed E-state index contributed by atoms with van der Waals surface area (Å²) in [7, 11) is 0. The first-order chi connectivity index (χ1) is 13.2. The Labute approximate surface area is 164 Å². The van der Waals surface area contributed by atoms with Gasteiger partial charge in [0.2, 0.25) is 0 Å². The van der Waals surface area contributed by atoms with Crippen LogP contribution in [0.1, 0.15) is 51.4 Å². The summed E-state index contributed by atoms with van der Waals surface area (Å²) >= 11 is 0. The molecule has 3 aliphatic heterocycles. The Hall–Kier alpha value is -1.34. The molecule has 0 unspecified atom stereocenters. The molecule has 0 aliphatic carbocycles. The third kappa shape index (κ3) is 6.64. The molecule has 0 aromatic rings. The standard InChI is InChI=1S/C20H37N5O2/c26-25(27)19-20-23(15-7-13-21-9-3-1-4-10-21)17-18-24(20)16-8-14-22-11-5-2-6-12-22/h19H,1-18H2. The maximum atomic E-state index is 11.1. The van der Waals surface area contributed by atoms with Crippen molar-refractivity contribution in [2.45, 2.75) is 51.4 Å². The smallest absolute Gasteiger partial charge is 0.274 e. The Morgan fingerprint density at radius 3 is 1.56 bits per heavy atom. The summed E-state index contributed by atoms with van der Waals surface area (Å²) in [6.07, 6.45) is 11.4. The normalized spacial score (nSPS) is 22.4. The number of piperidine rings is 2. The summed E-state index contributed by atoms with van der Waals surface area (Å²) < 4.78 is 0. The molecule has 7 heteroatoms. The van der Waals surface area contributed by atoms with Crippen LogP contribution in [0.5, 0.6) is 0 Å². The second-order valence-corrected chi connectivity index (χ2v) is 8.26. The van der Waals surface area contributed by atoms with Crippen molar-refractivity contribution < 1.29 is 4.92 Å². The largest absolute Gasteiger partial charge is 0.351 e. The van der Waals surface area contributed by atoms with E-state index in [1.54, 1.807) is 0 Å². The molecule has 27 heavy (non-hydrogen) atoms. The zero-order valence-corrected chi connectivity index (χ0v) is 16.9. The monoisotopic (exact) mass is 379 g/mol. The van der Waals surface area contributed by atoms with Crippen molar-refractivity contribution >= 4 is 0 Å². The molecule has 7 nitrogen and oxygen atoms in total. The second-order valence-electron chi connectivity index (χ2n) is 8.26. The first-order valence-electron chi connectivity index (χ1n) is 11.0. The van der Waals surface area contributed by atoms with Crippen molar-refractivity contribution in [1.82, 2.24) is 19.6 Å². The lowest BCUT2D eigenvalue weighted by Crippen LogP contribution is -2.34. The van der Waals surface area contributed by atoms with Gasteiger partial charge in [0, 0.05) is 26.2 Å². The number of likely N-dealkylation sites (tertiary alicyclic amines) is 2. The van der Waals surface area contributed by atoms with Gasteiger partial charge in [-0.25, -0.2) is 0 Å². The molecule has 0 N–H and O–H groups in total. The maximum Gasteiger partial charge on any atom is 0.274 e. The SMILES string of the molecule is O=[N+]([O-])C=C1N(CCCN2CCCCC2)CCN1CCCN1CCCCC1. The Balaban J connectivity index is 1.42. The second kappa shape index (κ2) is 10.9. The molecule has 3 rings (SSSR count). The average Bonchev–Trinajstić information content (AvgIpc) is 3.05. The molecule has 0 radical (unpaired) electrons. The Kier molecular flexibility index (Phi) is 8.20. The summed E-state index contributed by atoms with van der Waals surface area (Å²) in [6.45, 7) is 10.8. The van der Waals surface area contributed by atoms with Crippen LogP contribution in [0.2, 0.25) is 0 Å².